The first kappa shape index (κ1) is 20.2. The monoisotopic (exact) mass is 448 g/mol. The summed E-state index contributed by atoms with van der Waals surface area (Å²) in [5.41, 5.74) is -0.317. The SMILES string of the molecule is Oc1sc(C=Nc2ccc(Oc3ncc(C(F)(F)F)cc3Cl)cc2)c2ccccc12. The van der Waals surface area contributed by atoms with Crippen LogP contribution in [0.5, 0.6) is 16.7 Å². The topological polar surface area (TPSA) is 54.7 Å². The molecule has 0 aliphatic carbocycles. The highest BCUT2D eigenvalue weighted by atomic mass is 35.5. The Labute approximate surface area is 177 Å². The molecule has 4 nitrogen and oxygen atoms in total. The quantitative estimate of drug-likeness (QED) is 0.335. The molecule has 0 fully saturated rings. The van der Waals surface area contributed by atoms with E-state index in [1.807, 2.05) is 24.3 Å². The molecule has 4 rings (SSSR count). The normalized spacial score (nSPS) is 12.0. The van der Waals surface area contributed by atoms with E-state index in [0.717, 1.165) is 21.7 Å². The molecule has 4 aromatic rings. The molecule has 0 atom stereocenters. The number of rotatable bonds is 4. The van der Waals surface area contributed by atoms with Crippen molar-refractivity contribution >= 4 is 45.6 Å². The summed E-state index contributed by atoms with van der Waals surface area (Å²) in [6, 6.07) is 14.8. The largest absolute Gasteiger partial charge is 0.499 e. The molecule has 1 N–H and O–H groups in total. The Hall–Kier alpha value is -3.10. The van der Waals surface area contributed by atoms with Gasteiger partial charge in [0.2, 0.25) is 5.88 Å². The Bertz CT molecular complexity index is 1240. The number of nitrogens with zero attached hydrogens (tertiary/aromatic N) is 2. The molecule has 2 aromatic heterocycles. The molecule has 0 radical (unpaired) electrons. The maximum absolute atomic E-state index is 12.7. The molecule has 30 heavy (non-hydrogen) atoms. The molecule has 152 valence electrons. The van der Waals surface area contributed by atoms with Gasteiger partial charge in [0.15, 0.2) is 5.06 Å². The van der Waals surface area contributed by atoms with E-state index in [1.165, 1.54) is 11.3 Å². The van der Waals surface area contributed by atoms with Crippen LogP contribution < -0.4 is 4.74 Å². The number of pyridine rings is 1. The Morgan fingerprint density at radius 2 is 1.77 bits per heavy atom. The fraction of sp³-hybridized carbons (Fsp3) is 0.0476. The van der Waals surface area contributed by atoms with Crippen LogP contribution in [0.3, 0.4) is 0 Å². The first-order chi connectivity index (χ1) is 14.3. The predicted octanol–water partition coefficient (Wildman–Crippen LogP) is 7.22. The van der Waals surface area contributed by atoms with Crippen molar-refractivity contribution < 1.29 is 23.0 Å². The molecule has 0 bridgehead atoms. The fourth-order valence-electron chi connectivity index (χ4n) is 2.70. The van der Waals surface area contributed by atoms with Crippen molar-refractivity contribution in [2.45, 2.75) is 6.18 Å². The Morgan fingerprint density at radius 3 is 2.43 bits per heavy atom. The van der Waals surface area contributed by atoms with E-state index in [1.54, 1.807) is 30.5 Å². The summed E-state index contributed by atoms with van der Waals surface area (Å²) in [5.74, 6) is 0.226. The van der Waals surface area contributed by atoms with Crippen molar-refractivity contribution in [2.75, 3.05) is 0 Å². The zero-order valence-electron chi connectivity index (χ0n) is 15.0. The van der Waals surface area contributed by atoms with Gasteiger partial charge in [-0.1, -0.05) is 41.1 Å². The second kappa shape index (κ2) is 7.97. The number of aliphatic imine (C=N–C) groups is 1. The van der Waals surface area contributed by atoms with Gasteiger partial charge in [-0.05, 0) is 36.4 Å². The summed E-state index contributed by atoms with van der Waals surface area (Å²) in [4.78, 5) is 8.86. The van der Waals surface area contributed by atoms with Crippen LogP contribution in [0.25, 0.3) is 10.8 Å². The van der Waals surface area contributed by atoms with Crippen molar-refractivity contribution in [3.05, 3.63) is 76.3 Å². The van der Waals surface area contributed by atoms with Crippen LogP contribution in [0.15, 0.2) is 65.8 Å². The highest BCUT2D eigenvalue weighted by Gasteiger charge is 2.31. The number of fused-ring (bicyclic) bond motifs is 1. The smallest absolute Gasteiger partial charge is 0.417 e. The van der Waals surface area contributed by atoms with Crippen LogP contribution in [0.2, 0.25) is 5.02 Å². The number of aromatic nitrogens is 1. The number of alkyl halides is 3. The lowest BCUT2D eigenvalue weighted by Crippen LogP contribution is -2.05. The lowest BCUT2D eigenvalue weighted by molar-refractivity contribution is -0.137. The van der Waals surface area contributed by atoms with Crippen molar-refractivity contribution in [1.29, 1.82) is 0 Å². The first-order valence-corrected chi connectivity index (χ1v) is 9.76. The van der Waals surface area contributed by atoms with Gasteiger partial charge in [-0.25, -0.2) is 4.98 Å². The average molecular weight is 449 g/mol. The summed E-state index contributed by atoms with van der Waals surface area (Å²) < 4.78 is 43.5. The maximum atomic E-state index is 12.7. The molecule has 0 saturated heterocycles. The lowest BCUT2D eigenvalue weighted by atomic mass is 10.2. The Morgan fingerprint density at radius 1 is 1.07 bits per heavy atom. The van der Waals surface area contributed by atoms with E-state index < -0.39 is 11.7 Å². The van der Waals surface area contributed by atoms with Crippen molar-refractivity contribution in [3.63, 3.8) is 0 Å². The van der Waals surface area contributed by atoms with Gasteiger partial charge in [0.1, 0.15) is 10.8 Å². The van der Waals surface area contributed by atoms with Crippen LogP contribution >= 0.6 is 22.9 Å². The standard InChI is InChI=1S/C21H12ClF3N2O2S/c22-17-9-12(21(23,24)25)10-27-19(17)29-14-7-5-13(6-8-14)26-11-18-15-3-1-2-4-16(15)20(28)30-18/h1-11,28H. The number of halogens is 4. The van der Waals surface area contributed by atoms with Gasteiger partial charge in [0, 0.05) is 23.2 Å². The number of thiophene rings is 1. The predicted molar refractivity (Wildman–Crippen MR) is 112 cm³/mol. The highest BCUT2D eigenvalue weighted by molar-refractivity contribution is 7.17. The van der Waals surface area contributed by atoms with E-state index in [2.05, 4.69) is 9.98 Å². The third kappa shape index (κ3) is 4.24. The van der Waals surface area contributed by atoms with Crippen LogP contribution in [-0.4, -0.2) is 16.3 Å². The van der Waals surface area contributed by atoms with Gasteiger partial charge < -0.3 is 9.84 Å². The van der Waals surface area contributed by atoms with Crippen molar-refractivity contribution in [1.82, 2.24) is 4.98 Å². The number of benzene rings is 2. The molecule has 0 aliphatic heterocycles. The second-order valence-electron chi connectivity index (χ2n) is 6.18. The number of hydrogen-bond donors (Lipinski definition) is 1. The van der Waals surface area contributed by atoms with Gasteiger partial charge in [-0.2, -0.15) is 13.2 Å². The number of hydrogen-bond acceptors (Lipinski definition) is 5. The first-order valence-electron chi connectivity index (χ1n) is 8.56. The van der Waals surface area contributed by atoms with Gasteiger partial charge in [-0.15, -0.1) is 0 Å². The van der Waals surface area contributed by atoms with E-state index in [4.69, 9.17) is 16.3 Å². The molecule has 0 spiro atoms. The number of ether oxygens (including phenoxy) is 1. The third-order valence-electron chi connectivity index (χ3n) is 4.15. The average Bonchev–Trinajstić information content (AvgIpc) is 3.04. The summed E-state index contributed by atoms with van der Waals surface area (Å²) >= 11 is 7.09. The van der Waals surface area contributed by atoms with Crippen LogP contribution in [-0.2, 0) is 6.18 Å². The minimum absolute atomic E-state index is 0.124. The number of aromatic hydroxyl groups is 1. The zero-order valence-corrected chi connectivity index (χ0v) is 16.6. The van der Waals surface area contributed by atoms with Gasteiger partial charge in [0.05, 0.1) is 16.1 Å². The van der Waals surface area contributed by atoms with Crippen LogP contribution in [0.1, 0.15) is 10.4 Å². The van der Waals surface area contributed by atoms with Crippen LogP contribution in [0, 0.1) is 0 Å². The molecule has 2 aromatic carbocycles. The van der Waals surface area contributed by atoms with Gasteiger partial charge in [0.25, 0.3) is 0 Å². The van der Waals surface area contributed by atoms with E-state index in [0.29, 0.717) is 17.6 Å². The molecule has 0 saturated carbocycles. The van der Waals surface area contributed by atoms with Gasteiger partial charge >= 0.3 is 6.18 Å². The maximum Gasteiger partial charge on any atom is 0.417 e. The van der Waals surface area contributed by atoms with E-state index in [9.17, 15) is 18.3 Å². The van der Waals surface area contributed by atoms with E-state index >= 15 is 0 Å². The van der Waals surface area contributed by atoms with Crippen molar-refractivity contribution in [2.24, 2.45) is 4.99 Å². The fourth-order valence-corrected chi connectivity index (χ4v) is 3.79. The second-order valence-corrected chi connectivity index (χ2v) is 7.62. The zero-order chi connectivity index (χ0) is 21.3. The summed E-state index contributed by atoms with van der Waals surface area (Å²) in [5, 5.41) is 11.7. The summed E-state index contributed by atoms with van der Waals surface area (Å²) in [6.07, 6.45) is -2.20. The Kier molecular flexibility index (Phi) is 5.36. The molecular formula is C21H12ClF3N2O2S. The third-order valence-corrected chi connectivity index (χ3v) is 5.38. The highest BCUT2D eigenvalue weighted by Crippen LogP contribution is 2.36. The summed E-state index contributed by atoms with van der Waals surface area (Å²) in [6.45, 7) is 0. The van der Waals surface area contributed by atoms with Gasteiger partial charge in [-0.3, -0.25) is 4.99 Å². The molecule has 2 heterocycles. The molecule has 0 unspecified atom stereocenters. The molecule has 0 amide bonds. The molecule has 9 heteroatoms. The van der Waals surface area contributed by atoms with E-state index in [-0.39, 0.29) is 16.0 Å². The van der Waals surface area contributed by atoms with Crippen molar-refractivity contribution in [3.8, 4) is 16.7 Å². The molecule has 0 aliphatic rings. The minimum atomic E-state index is -4.53. The summed E-state index contributed by atoms with van der Waals surface area (Å²) in [7, 11) is 0. The lowest BCUT2D eigenvalue weighted by Gasteiger charge is -2.10. The molecular weight excluding hydrogens is 437 g/mol. The van der Waals surface area contributed by atoms with Crippen LogP contribution in [0.4, 0.5) is 18.9 Å². The Balaban J connectivity index is 1.50. The minimum Gasteiger partial charge on any atom is -0.499 e.